The van der Waals surface area contributed by atoms with E-state index in [-0.39, 0.29) is 17.8 Å². The third-order valence-corrected chi connectivity index (χ3v) is 7.21. The maximum atomic E-state index is 12.5. The number of epoxide rings is 2. The maximum Gasteiger partial charge on any atom is 0.333 e. The maximum absolute atomic E-state index is 12.5. The first kappa shape index (κ1) is 24.7. The average molecular weight is 449 g/mol. The smallest absolute Gasteiger partial charge is 0.333 e. The van der Waals surface area contributed by atoms with Gasteiger partial charge in [0, 0.05) is 23.5 Å². The SMILES string of the molecule is C=C([C@H](C[C@H]1OC1(C)C)OC(=O)/C(C)=C\C)[C@H]1C[C@@H]2O[C@]2(C)[C@@H](OC(=O)/C(C)=C\C)[C@@H]1O. The van der Waals surface area contributed by atoms with Crippen LogP contribution in [0.15, 0.2) is 35.5 Å². The number of aliphatic hydroxyl groups is 1. The molecule has 7 heteroatoms. The van der Waals surface area contributed by atoms with Gasteiger partial charge in [-0.05, 0) is 60.5 Å². The second-order valence-electron chi connectivity index (χ2n) is 9.81. The number of rotatable bonds is 8. The number of hydrogen-bond donors (Lipinski definition) is 1. The van der Waals surface area contributed by atoms with Gasteiger partial charge < -0.3 is 24.1 Å². The van der Waals surface area contributed by atoms with Crippen molar-refractivity contribution in [1.82, 2.24) is 0 Å². The van der Waals surface area contributed by atoms with Gasteiger partial charge >= 0.3 is 11.9 Å². The molecular formula is C25H36O7. The van der Waals surface area contributed by atoms with E-state index >= 15 is 0 Å². The second kappa shape index (κ2) is 8.76. The van der Waals surface area contributed by atoms with Crippen LogP contribution < -0.4 is 0 Å². The third kappa shape index (κ3) is 4.70. The number of aliphatic hydroxyl groups excluding tert-OH is 1. The van der Waals surface area contributed by atoms with Crippen molar-refractivity contribution >= 4 is 11.9 Å². The summed E-state index contributed by atoms with van der Waals surface area (Å²) in [4.78, 5) is 24.9. The molecule has 3 fully saturated rings. The van der Waals surface area contributed by atoms with Gasteiger partial charge in [0.25, 0.3) is 0 Å². The Labute approximate surface area is 190 Å². The molecular weight excluding hydrogens is 412 g/mol. The van der Waals surface area contributed by atoms with Crippen molar-refractivity contribution in [1.29, 1.82) is 0 Å². The van der Waals surface area contributed by atoms with Crippen LogP contribution in [0.3, 0.4) is 0 Å². The van der Waals surface area contributed by atoms with Gasteiger partial charge in [0.1, 0.15) is 17.8 Å². The van der Waals surface area contributed by atoms with Gasteiger partial charge in [0.2, 0.25) is 0 Å². The molecule has 1 N–H and O–H groups in total. The zero-order valence-corrected chi connectivity index (χ0v) is 20.1. The van der Waals surface area contributed by atoms with Crippen molar-refractivity contribution < 1.29 is 33.6 Å². The molecule has 2 aliphatic heterocycles. The Balaban J connectivity index is 1.80. The van der Waals surface area contributed by atoms with E-state index in [1.54, 1.807) is 39.8 Å². The zero-order valence-electron chi connectivity index (χ0n) is 20.1. The zero-order chi connectivity index (χ0) is 24.0. The van der Waals surface area contributed by atoms with Crippen molar-refractivity contribution in [3.63, 3.8) is 0 Å². The van der Waals surface area contributed by atoms with Crippen LogP contribution in [0.25, 0.3) is 0 Å². The molecule has 0 radical (unpaired) electrons. The van der Waals surface area contributed by atoms with Crippen LogP contribution in [-0.4, -0.2) is 58.8 Å². The fraction of sp³-hybridized carbons (Fsp3) is 0.680. The summed E-state index contributed by atoms with van der Waals surface area (Å²) in [6.07, 6.45) is 1.57. The Bertz CT molecular complexity index is 854. The summed E-state index contributed by atoms with van der Waals surface area (Å²) in [5, 5.41) is 11.2. The molecule has 0 bridgehead atoms. The van der Waals surface area contributed by atoms with Crippen LogP contribution in [-0.2, 0) is 28.5 Å². The Morgan fingerprint density at radius 1 is 1.12 bits per heavy atom. The lowest BCUT2D eigenvalue weighted by Crippen LogP contribution is -2.52. The fourth-order valence-corrected chi connectivity index (χ4v) is 4.32. The van der Waals surface area contributed by atoms with E-state index in [9.17, 15) is 14.7 Å². The van der Waals surface area contributed by atoms with Crippen LogP contribution in [0.4, 0.5) is 0 Å². The van der Waals surface area contributed by atoms with Crippen LogP contribution in [0, 0.1) is 5.92 Å². The quantitative estimate of drug-likeness (QED) is 0.263. The number of hydrogen-bond acceptors (Lipinski definition) is 7. The van der Waals surface area contributed by atoms with Crippen molar-refractivity contribution in [3.05, 3.63) is 35.5 Å². The van der Waals surface area contributed by atoms with Gasteiger partial charge in [-0.2, -0.15) is 0 Å². The molecule has 2 saturated heterocycles. The lowest BCUT2D eigenvalue weighted by atomic mass is 9.73. The number of ether oxygens (including phenoxy) is 4. The van der Waals surface area contributed by atoms with Gasteiger partial charge in [-0.3, -0.25) is 0 Å². The largest absolute Gasteiger partial charge is 0.454 e. The van der Waals surface area contributed by atoms with Crippen LogP contribution >= 0.6 is 0 Å². The van der Waals surface area contributed by atoms with Gasteiger partial charge in [-0.25, -0.2) is 9.59 Å². The normalized spacial score (nSPS) is 36.6. The minimum Gasteiger partial charge on any atom is -0.454 e. The minimum atomic E-state index is -1.03. The highest BCUT2D eigenvalue weighted by atomic mass is 16.7. The van der Waals surface area contributed by atoms with E-state index in [4.69, 9.17) is 18.9 Å². The van der Waals surface area contributed by atoms with E-state index in [0.717, 1.165) is 0 Å². The molecule has 0 aromatic carbocycles. The summed E-state index contributed by atoms with van der Waals surface area (Å²) in [6.45, 7) is 16.9. The highest BCUT2D eigenvalue weighted by Gasteiger charge is 2.67. The van der Waals surface area contributed by atoms with Crippen LogP contribution in [0.5, 0.6) is 0 Å². The summed E-state index contributed by atoms with van der Waals surface area (Å²) < 4.78 is 23.0. The van der Waals surface area contributed by atoms with Crippen molar-refractivity contribution in [3.8, 4) is 0 Å². The van der Waals surface area contributed by atoms with Crippen molar-refractivity contribution in [2.45, 2.75) is 103 Å². The first-order chi connectivity index (χ1) is 14.9. The lowest BCUT2D eigenvalue weighted by molar-refractivity contribution is -0.159. The predicted molar refractivity (Wildman–Crippen MR) is 119 cm³/mol. The number of allylic oxidation sites excluding steroid dienone is 2. The average Bonchev–Trinajstić information content (AvgIpc) is 3.60. The first-order valence-electron chi connectivity index (χ1n) is 11.3. The highest BCUT2D eigenvalue weighted by molar-refractivity contribution is 5.88. The molecule has 1 saturated carbocycles. The minimum absolute atomic E-state index is 0.0721. The van der Waals surface area contributed by atoms with Gasteiger partial charge in [0.15, 0.2) is 6.10 Å². The van der Waals surface area contributed by atoms with E-state index in [1.807, 2.05) is 20.8 Å². The second-order valence-corrected chi connectivity index (χ2v) is 9.81. The van der Waals surface area contributed by atoms with Gasteiger partial charge in [-0.1, -0.05) is 18.7 Å². The van der Waals surface area contributed by atoms with Crippen LogP contribution in [0.1, 0.15) is 61.3 Å². The molecule has 0 aromatic heterocycles. The van der Waals surface area contributed by atoms with Crippen LogP contribution in [0.2, 0.25) is 0 Å². The molecule has 3 aliphatic rings. The summed E-state index contributed by atoms with van der Waals surface area (Å²) in [5.74, 6) is -1.37. The third-order valence-electron chi connectivity index (χ3n) is 7.21. The molecule has 0 spiro atoms. The highest BCUT2D eigenvalue weighted by Crippen LogP contribution is 2.53. The molecule has 0 amide bonds. The molecule has 7 nitrogen and oxygen atoms in total. The van der Waals surface area contributed by atoms with Crippen molar-refractivity contribution in [2.24, 2.45) is 5.92 Å². The molecule has 0 unspecified atom stereocenters. The Morgan fingerprint density at radius 3 is 2.22 bits per heavy atom. The summed E-state index contributed by atoms with van der Waals surface area (Å²) in [5.41, 5.74) is 0.527. The molecule has 1 aliphatic carbocycles. The molecule has 178 valence electrons. The van der Waals surface area contributed by atoms with E-state index in [2.05, 4.69) is 6.58 Å². The molecule has 0 aromatic rings. The Morgan fingerprint density at radius 2 is 1.69 bits per heavy atom. The number of fused-ring (bicyclic) bond motifs is 1. The standard InChI is InChI=1S/C25H36O7/c1-9-13(3)22(27)29-17(12-18-24(6,7)31-18)15(5)16-11-19-25(8,32-19)21(20(16)26)30-23(28)14(4)10-2/h9-10,16-21,26H,5,11-12H2,1-4,6-8H3/b13-9-,14-10-/t16-,17+,18-,19+,20-,21+,25+/m1/s1. The first-order valence-corrected chi connectivity index (χ1v) is 11.3. The Kier molecular flexibility index (Phi) is 6.76. The Hall–Kier alpha value is -1.96. The summed E-state index contributed by atoms with van der Waals surface area (Å²) in [6, 6.07) is 0. The molecule has 2 heterocycles. The van der Waals surface area contributed by atoms with E-state index < -0.39 is 41.8 Å². The topological polar surface area (TPSA) is 97.9 Å². The lowest BCUT2D eigenvalue weighted by Gasteiger charge is -2.38. The molecule has 3 rings (SSSR count). The number of carbonyl (C=O) groups is 2. The fourth-order valence-electron chi connectivity index (χ4n) is 4.32. The predicted octanol–water partition coefficient (Wildman–Crippen LogP) is 3.40. The molecule has 7 atom stereocenters. The van der Waals surface area contributed by atoms with Gasteiger partial charge in [0.05, 0.1) is 17.8 Å². The summed E-state index contributed by atoms with van der Waals surface area (Å²) >= 11 is 0. The van der Waals surface area contributed by atoms with Gasteiger partial charge in [-0.15, -0.1) is 0 Å². The van der Waals surface area contributed by atoms with E-state index in [1.165, 1.54) is 0 Å². The van der Waals surface area contributed by atoms with E-state index in [0.29, 0.717) is 29.6 Å². The molecule has 32 heavy (non-hydrogen) atoms. The summed E-state index contributed by atoms with van der Waals surface area (Å²) in [7, 11) is 0. The number of carbonyl (C=O) groups excluding carboxylic acids is 2. The van der Waals surface area contributed by atoms with Crippen molar-refractivity contribution in [2.75, 3.05) is 0 Å². The number of esters is 2. The monoisotopic (exact) mass is 448 g/mol.